The molecule has 3 heteroatoms. The Morgan fingerprint density at radius 3 is 2.71 bits per heavy atom. The number of anilines is 1. The van der Waals surface area contributed by atoms with E-state index in [2.05, 4.69) is 11.4 Å². The van der Waals surface area contributed by atoms with Crippen LogP contribution in [0.15, 0.2) is 24.3 Å². The molecule has 1 unspecified atom stereocenters. The maximum Gasteiger partial charge on any atom is 0.412 e. The van der Waals surface area contributed by atoms with Crippen LogP contribution in [0, 0.1) is 5.92 Å². The van der Waals surface area contributed by atoms with Crippen molar-refractivity contribution in [2.45, 2.75) is 38.2 Å². The van der Waals surface area contributed by atoms with E-state index in [9.17, 15) is 4.79 Å². The molecule has 3 rings (SSSR count). The number of carbonyl (C=O) groups excluding carboxylic acids is 1. The normalized spacial score (nSPS) is 24.7. The lowest BCUT2D eigenvalue weighted by molar-refractivity contribution is 0.0525. The van der Waals surface area contributed by atoms with Crippen LogP contribution in [-0.4, -0.2) is 6.09 Å². The molecule has 1 saturated carbocycles. The number of rotatable bonds is 1. The van der Waals surface area contributed by atoms with Crippen LogP contribution >= 0.6 is 0 Å². The first kappa shape index (κ1) is 10.6. The second-order valence-corrected chi connectivity index (χ2v) is 4.94. The van der Waals surface area contributed by atoms with Gasteiger partial charge in [0.25, 0.3) is 0 Å². The topological polar surface area (TPSA) is 38.3 Å². The largest absolute Gasteiger partial charge is 0.441 e. The minimum Gasteiger partial charge on any atom is -0.441 e. The highest BCUT2D eigenvalue weighted by atomic mass is 16.6. The fraction of sp³-hybridized carbons (Fsp3) is 0.500. The second-order valence-electron chi connectivity index (χ2n) is 4.94. The second kappa shape index (κ2) is 4.40. The summed E-state index contributed by atoms with van der Waals surface area (Å²) in [4.78, 5) is 11.5. The van der Waals surface area contributed by atoms with Crippen LogP contribution in [0.2, 0.25) is 0 Å². The molecule has 1 aromatic rings. The standard InChI is InChI=1S/C14H17NO2/c16-14-15-12-9-5-4-8-11(12)13(17-14)10-6-2-1-3-7-10/h4-5,8-10,13H,1-3,6-7H2,(H,15,16). The zero-order valence-electron chi connectivity index (χ0n) is 9.82. The van der Waals surface area contributed by atoms with Gasteiger partial charge >= 0.3 is 6.09 Å². The van der Waals surface area contributed by atoms with Crippen LogP contribution in [0.4, 0.5) is 10.5 Å². The summed E-state index contributed by atoms with van der Waals surface area (Å²) in [7, 11) is 0. The van der Waals surface area contributed by atoms with Crippen molar-refractivity contribution in [1.29, 1.82) is 0 Å². The first-order chi connectivity index (χ1) is 8.34. The predicted molar refractivity (Wildman–Crippen MR) is 65.9 cm³/mol. The highest BCUT2D eigenvalue weighted by Crippen LogP contribution is 2.41. The van der Waals surface area contributed by atoms with Crippen molar-refractivity contribution >= 4 is 11.8 Å². The van der Waals surface area contributed by atoms with E-state index in [-0.39, 0.29) is 12.2 Å². The number of cyclic esters (lactones) is 1. The SMILES string of the molecule is O=C1Nc2ccccc2C(C2CCCCC2)O1. The summed E-state index contributed by atoms with van der Waals surface area (Å²) in [6.45, 7) is 0. The average Bonchev–Trinajstić information content (AvgIpc) is 2.39. The molecular formula is C14H17NO2. The first-order valence-corrected chi connectivity index (χ1v) is 6.41. The molecule has 1 fully saturated rings. The van der Waals surface area contributed by atoms with E-state index >= 15 is 0 Å². The lowest BCUT2D eigenvalue weighted by atomic mass is 9.82. The van der Waals surface area contributed by atoms with Crippen molar-refractivity contribution in [2.75, 3.05) is 5.32 Å². The number of hydrogen-bond donors (Lipinski definition) is 1. The maximum atomic E-state index is 11.5. The minimum atomic E-state index is -0.306. The third-order valence-electron chi connectivity index (χ3n) is 3.82. The molecule has 0 spiro atoms. The van der Waals surface area contributed by atoms with E-state index in [4.69, 9.17) is 4.74 Å². The Morgan fingerprint density at radius 1 is 1.12 bits per heavy atom. The number of nitrogens with one attached hydrogen (secondary N) is 1. The number of amides is 1. The molecule has 1 heterocycles. The van der Waals surface area contributed by atoms with Gasteiger partial charge in [-0.25, -0.2) is 4.79 Å². The summed E-state index contributed by atoms with van der Waals surface area (Å²) in [6.07, 6.45) is 5.83. The van der Waals surface area contributed by atoms with E-state index < -0.39 is 0 Å². The van der Waals surface area contributed by atoms with E-state index in [0.29, 0.717) is 5.92 Å². The Balaban J connectivity index is 1.91. The van der Waals surface area contributed by atoms with Gasteiger partial charge in [0.1, 0.15) is 6.10 Å². The fourth-order valence-corrected chi connectivity index (χ4v) is 2.96. The molecule has 2 aliphatic rings. The zero-order valence-corrected chi connectivity index (χ0v) is 9.82. The summed E-state index contributed by atoms with van der Waals surface area (Å²) in [5.41, 5.74) is 2.05. The Labute approximate surface area is 101 Å². The maximum absolute atomic E-state index is 11.5. The third-order valence-corrected chi connectivity index (χ3v) is 3.82. The molecule has 0 aromatic heterocycles. The molecule has 1 atom stereocenters. The van der Waals surface area contributed by atoms with Crippen LogP contribution in [0.5, 0.6) is 0 Å². The van der Waals surface area contributed by atoms with E-state index in [1.54, 1.807) is 0 Å². The lowest BCUT2D eigenvalue weighted by Crippen LogP contribution is -2.29. The van der Waals surface area contributed by atoms with Crippen LogP contribution in [0.3, 0.4) is 0 Å². The number of ether oxygens (including phenoxy) is 1. The number of hydrogen-bond acceptors (Lipinski definition) is 2. The molecule has 1 N–H and O–H groups in total. The van der Waals surface area contributed by atoms with E-state index in [1.807, 2.05) is 18.2 Å². The number of fused-ring (bicyclic) bond motifs is 1. The van der Waals surface area contributed by atoms with E-state index in [1.165, 1.54) is 32.1 Å². The quantitative estimate of drug-likeness (QED) is 0.796. The van der Waals surface area contributed by atoms with Crippen molar-refractivity contribution in [1.82, 2.24) is 0 Å². The van der Waals surface area contributed by atoms with Crippen LogP contribution < -0.4 is 5.32 Å². The highest BCUT2D eigenvalue weighted by Gasteiger charge is 2.33. The summed E-state index contributed by atoms with van der Waals surface area (Å²) < 4.78 is 5.50. The van der Waals surface area contributed by atoms with Crippen LogP contribution in [0.1, 0.15) is 43.8 Å². The minimum absolute atomic E-state index is 0.0414. The van der Waals surface area contributed by atoms with Crippen molar-refractivity contribution in [3.8, 4) is 0 Å². The lowest BCUT2D eigenvalue weighted by Gasteiger charge is -2.34. The van der Waals surface area contributed by atoms with Crippen molar-refractivity contribution in [2.24, 2.45) is 5.92 Å². The van der Waals surface area contributed by atoms with Gasteiger partial charge in [-0.3, -0.25) is 5.32 Å². The number of carbonyl (C=O) groups is 1. The van der Waals surface area contributed by atoms with Gasteiger partial charge in [0.15, 0.2) is 0 Å². The number of benzene rings is 1. The molecule has 1 aliphatic carbocycles. The Kier molecular flexibility index (Phi) is 2.75. The van der Waals surface area contributed by atoms with Gasteiger partial charge in [-0.15, -0.1) is 0 Å². The molecule has 0 saturated heterocycles. The molecule has 0 bridgehead atoms. The molecular weight excluding hydrogens is 214 g/mol. The van der Waals surface area contributed by atoms with Crippen molar-refractivity contribution < 1.29 is 9.53 Å². The van der Waals surface area contributed by atoms with Gasteiger partial charge in [0.2, 0.25) is 0 Å². The van der Waals surface area contributed by atoms with Gasteiger partial charge in [-0.2, -0.15) is 0 Å². The highest BCUT2D eigenvalue weighted by molar-refractivity contribution is 5.88. The molecule has 0 radical (unpaired) electrons. The Hall–Kier alpha value is -1.51. The molecule has 1 aliphatic heterocycles. The van der Waals surface area contributed by atoms with Gasteiger partial charge in [-0.1, -0.05) is 37.5 Å². The van der Waals surface area contributed by atoms with Gasteiger partial charge in [-0.05, 0) is 18.9 Å². The average molecular weight is 231 g/mol. The fourth-order valence-electron chi connectivity index (χ4n) is 2.96. The Morgan fingerprint density at radius 2 is 1.88 bits per heavy atom. The zero-order chi connectivity index (χ0) is 11.7. The monoisotopic (exact) mass is 231 g/mol. The van der Waals surface area contributed by atoms with Crippen molar-refractivity contribution in [3.63, 3.8) is 0 Å². The molecule has 1 amide bonds. The summed E-state index contributed by atoms with van der Waals surface area (Å²) in [5, 5.41) is 2.77. The smallest absolute Gasteiger partial charge is 0.412 e. The van der Waals surface area contributed by atoms with Gasteiger partial charge < -0.3 is 4.74 Å². The summed E-state index contributed by atoms with van der Waals surface area (Å²) >= 11 is 0. The third kappa shape index (κ3) is 2.02. The van der Waals surface area contributed by atoms with Gasteiger partial charge in [0.05, 0.1) is 5.69 Å². The molecule has 90 valence electrons. The predicted octanol–water partition coefficient (Wildman–Crippen LogP) is 3.87. The molecule has 17 heavy (non-hydrogen) atoms. The summed E-state index contributed by atoms with van der Waals surface area (Å²) in [6, 6.07) is 7.97. The van der Waals surface area contributed by atoms with Crippen molar-refractivity contribution in [3.05, 3.63) is 29.8 Å². The number of para-hydroxylation sites is 1. The van der Waals surface area contributed by atoms with Crippen LogP contribution in [-0.2, 0) is 4.74 Å². The van der Waals surface area contributed by atoms with Gasteiger partial charge in [0, 0.05) is 11.5 Å². The van der Waals surface area contributed by atoms with E-state index in [0.717, 1.165) is 11.3 Å². The Bertz CT molecular complexity index is 424. The first-order valence-electron chi connectivity index (χ1n) is 6.41. The molecule has 1 aromatic carbocycles. The van der Waals surface area contributed by atoms with Crippen LogP contribution in [0.25, 0.3) is 0 Å². The molecule has 3 nitrogen and oxygen atoms in total. The summed E-state index contributed by atoms with van der Waals surface area (Å²) in [5.74, 6) is 0.496.